The van der Waals surface area contributed by atoms with Crippen molar-refractivity contribution in [3.05, 3.63) is 57.9 Å². The van der Waals surface area contributed by atoms with Crippen molar-refractivity contribution < 1.29 is 0 Å². The van der Waals surface area contributed by atoms with Crippen LogP contribution >= 0.6 is 0 Å². The van der Waals surface area contributed by atoms with Crippen molar-refractivity contribution >= 4 is 0 Å². The number of pyridine rings is 1. The zero-order valence-electron chi connectivity index (χ0n) is 12.8. The van der Waals surface area contributed by atoms with E-state index in [0.29, 0.717) is 18.0 Å². The summed E-state index contributed by atoms with van der Waals surface area (Å²) in [7, 11) is 0. The summed E-state index contributed by atoms with van der Waals surface area (Å²) in [6, 6.07) is 14.1. The molecule has 1 heterocycles. The Bertz CT molecular complexity index is 718. The topological polar surface area (TPSA) is 45.8 Å². The van der Waals surface area contributed by atoms with Crippen LogP contribution in [0, 0.1) is 11.3 Å². The highest BCUT2D eigenvalue weighted by molar-refractivity contribution is 5.60. The Morgan fingerprint density at radius 2 is 1.81 bits per heavy atom. The maximum absolute atomic E-state index is 12.4. The number of hydrogen-bond donors (Lipinski definition) is 0. The molecule has 0 aliphatic rings. The van der Waals surface area contributed by atoms with E-state index in [4.69, 9.17) is 5.26 Å². The van der Waals surface area contributed by atoms with E-state index in [9.17, 15) is 4.79 Å². The molecule has 0 aliphatic heterocycles. The van der Waals surface area contributed by atoms with Crippen LogP contribution in [0.5, 0.6) is 0 Å². The summed E-state index contributed by atoms with van der Waals surface area (Å²) < 4.78 is 1.73. The SMILES string of the molecule is CCn1c(-c2ccc(C(C)C)cc2)ccc(CC#N)c1=O. The average Bonchev–Trinajstić information content (AvgIpc) is 2.49. The predicted molar refractivity (Wildman–Crippen MR) is 85.2 cm³/mol. The monoisotopic (exact) mass is 280 g/mol. The van der Waals surface area contributed by atoms with Gasteiger partial charge in [0.05, 0.1) is 18.2 Å². The molecule has 0 spiro atoms. The zero-order chi connectivity index (χ0) is 15.4. The van der Waals surface area contributed by atoms with Gasteiger partial charge in [0.1, 0.15) is 0 Å². The predicted octanol–water partition coefficient (Wildman–Crippen LogP) is 3.72. The van der Waals surface area contributed by atoms with Crippen LogP contribution in [0.3, 0.4) is 0 Å². The van der Waals surface area contributed by atoms with Gasteiger partial charge in [-0.1, -0.05) is 44.2 Å². The fourth-order valence-corrected chi connectivity index (χ4v) is 2.45. The van der Waals surface area contributed by atoms with E-state index < -0.39 is 0 Å². The largest absolute Gasteiger partial charge is 0.308 e. The number of benzene rings is 1. The van der Waals surface area contributed by atoms with E-state index in [1.54, 1.807) is 10.6 Å². The quantitative estimate of drug-likeness (QED) is 0.856. The van der Waals surface area contributed by atoms with Crippen molar-refractivity contribution in [3.8, 4) is 17.3 Å². The maximum Gasteiger partial charge on any atom is 0.255 e. The van der Waals surface area contributed by atoms with Gasteiger partial charge < -0.3 is 4.57 Å². The van der Waals surface area contributed by atoms with Gasteiger partial charge in [-0.15, -0.1) is 0 Å². The summed E-state index contributed by atoms with van der Waals surface area (Å²) in [5, 5.41) is 8.78. The standard InChI is InChI=1S/C18H20N2O/c1-4-20-17(10-9-16(11-12-19)18(20)21)15-7-5-14(6-8-15)13(2)3/h5-10,13H,4,11H2,1-3H3. The fourth-order valence-electron chi connectivity index (χ4n) is 2.45. The third-order valence-corrected chi connectivity index (χ3v) is 3.71. The second-order valence-corrected chi connectivity index (χ2v) is 5.40. The molecule has 3 heteroatoms. The molecular weight excluding hydrogens is 260 g/mol. The summed E-state index contributed by atoms with van der Waals surface area (Å²) in [6.45, 7) is 6.87. The van der Waals surface area contributed by atoms with Gasteiger partial charge >= 0.3 is 0 Å². The van der Waals surface area contributed by atoms with E-state index in [2.05, 4.69) is 38.1 Å². The van der Waals surface area contributed by atoms with Crippen LogP contribution in [0.2, 0.25) is 0 Å². The summed E-state index contributed by atoms with van der Waals surface area (Å²) in [4.78, 5) is 12.4. The van der Waals surface area contributed by atoms with Gasteiger partial charge in [-0.05, 0) is 30.0 Å². The van der Waals surface area contributed by atoms with Crippen LogP contribution in [0.1, 0.15) is 37.8 Å². The highest BCUT2D eigenvalue weighted by Gasteiger charge is 2.09. The molecule has 1 aromatic carbocycles. The molecule has 0 bridgehead atoms. The van der Waals surface area contributed by atoms with Crippen LogP contribution in [-0.2, 0) is 13.0 Å². The molecule has 2 aromatic rings. The lowest BCUT2D eigenvalue weighted by Gasteiger charge is -2.13. The van der Waals surface area contributed by atoms with Crippen molar-refractivity contribution in [1.29, 1.82) is 5.26 Å². The van der Waals surface area contributed by atoms with Gasteiger partial charge in [0, 0.05) is 12.1 Å². The summed E-state index contributed by atoms with van der Waals surface area (Å²) >= 11 is 0. The van der Waals surface area contributed by atoms with E-state index in [-0.39, 0.29) is 12.0 Å². The lowest BCUT2D eigenvalue weighted by Crippen LogP contribution is -2.24. The molecular formula is C18H20N2O. The summed E-state index contributed by atoms with van der Waals surface area (Å²) in [5.41, 5.74) is 3.71. The molecule has 3 nitrogen and oxygen atoms in total. The number of nitrogens with zero attached hydrogens (tertiary/aromatic N) is 2. The van der Waals surface area contributed by atoms with Crippen molar-refractivity contribution in [2.75, 3.05) is 0 Å². The van der Waals surface area contributed by atoms with Gasteiger partial charge in [0.2, 0.25) is 0 Å². The molecule has 0 saturated carbocycles. The lowest BCUT2D eigenvalue weighted by atomic mass is 10.00. The van der Waals surface area contributed by atoms with E-state index in [0.717, 1.165) is 11.3 Å². The van der Waals surface area contributed by atoms with Crippen LogP contribution < -0.4 is 5.56 Å². The highest BCUT2D eigenvalue weighted by Crippen LogP contribution is 2.22. The zero-order valence-corrected chi connectivity index (χ0v) is 12.8. The first kappa shape index (κ1) is 15.1. The molecule has 0 unspecified atom stereocenters. The first-order chi connectivity index (χ1) is 10.1. The first-order valence-corrected chi connectivity index (χ1v) is 7.28. The van der Waals surface area contributed by atoms with Crippen molar-refractivity contribution in [1.82, 2.24) is 4.57 Å². The number of nitriles is 1. The lowest BCUT2D eigenvalue weighted by molar-refractivity contribution is 0.727. The number of hydrogen-bond acceptors (Lipinski definition) is 2. The highest BCUT2D eigenvalue weighted by atomic mass is 16.1. The Labute approximate surface area is 125 Å². The number of aromatic nitrogens is 1. The van der Waals surface area contributed by atoms with E-state index in [1.165, 1.54) is 5.56 Å². The minimum absolute atomic E-state index is 0.0653. The van der Waals surface area contributed by atoms with E-state index >= 15 is 0 Å². The third kappa shape index (κ3) is 3.05. The molecule has 0 fully saturated rings. The summed E-state index contributed by atoms with van der Waals surface area (Å²) in [5.74, 6) is 0.491. The molecule has 0 amide bonds. The molecule has 0 radical (unpaired) electrons. The van der Waals surface area contributed by atoms with Crippen LogP contribution in [0.4, 0.5) is 0 Å². The average molecular weight is 280 g/mol. The Kier molecular flexibility index (Phi) is 4.59. The van der Waals surface area contributed by atoms with Gasteiger partial charge in [-0.3, -0.25) is 4.79 Å². The van der Waals surface area contributed by atoms with Crippen LogP contribution in [-0.4, -0.2) is 4.57 Å². The Balaban J connectivity index is 2.51. The Morgan fingerprint density at radius 3 is 2.33 bits per heavy atom. The Hall–Kier alpha value is -2.34. The second kappa shape index (κ2) is 6.41. The van der Waals surface area contributed by atoms with Crippen molar-refractivity contribution in [2.45, 2.75) is 39.7 Å². The maximum atomic E-state index is 12.4. The minimum atomic E-state index is -0.0653. The Morgan fingerprint density at radius 1 is 1.14 bits per heavy atom. The number of rotatable bonds is 4. The second-order valence-electron chi connectivity index (χ2n) is 5.40. The molecule has 2 rings (SSSR count). The smallest absolute Gasteiger partial charge is 0.255 e. The third-order valence-electron chi connectivity index (χ3n) is 3.71. The molecule has 0 aliphatic carbocycles. The molecule has 0 saturated heterocycles. The molecule has 108 valence electrons. The van der Waals surface area contributed by atoms with Crippen molar-refractivity contribution in [2.24, 2.45) is 0 Å². The van der Waals surface area contributed by atoms with E-state index in [1.807, 2.05) is 19.1 Å². The molecule has 1 aromatic heterocycles. The summed E-state index contributed by atoms with van der Waals surface area (Å²) in [6.07, 6.45) is 0.158. The van der Waals surface area contributed by atoms with Crippen molar-refractivity contribution in [3.63, 3.8) is 0 Å². The van der Waals surface area contributed by atoms with Crippen LogP contribution in [0.25, 0.3) is 11.3 Å². The first-order valence-electron chi connectivity index (χ1n) is 7.28. The fraction of sp³-hybridized carbons (Fsp3) is 0.333. The van der Waals surface area contributed by atoms with Gasteiger partial charge in [-0.25, -0.2) is 0 Å². The van der Waals surface area contributed by atoms with Gasteiger partial charge in [0.25, 0.3) is 5.56 Å². The normalized spacial score (nSPS) is 10.6. The minimum Gasteiger partial charge on any atom is -0.308 e. The van der Waals surface area contributed by atoms with Crippen LogP contribution in [0.15, 0.2) is 41.2 Å². The molecule has 0 N–H and O–H groups in total. The van der Waals surface area contributed by atoms with Gasteiger partial charge in [0.15, 0.2) is 0 Å². The molecule has 21 heavy (non-hydrogen) atoms. The van der Waals surface area contributed by atoms with Gasteiger partial charge in [-0.2, -0.15) is 5.26 Å². The molecule has 0 atom stereocenters.